The van der Waals surface area contributed by atoms with Crippen molar-refractivity contribution in [3.05, 3.63) is 29.8 Å². The summed E-state index contributed by atoms with van der Waals surface area (Å²) in [5, 5.41) is 5.52. The highest BCUT2D eigenvalue weighted by molar-refractivity contribution is 5.90. The van der Waals surface area contributed by atoms with E-state index in [2.05, 4.69) is 24.5 Å². The highest BCUT2D eigenvalue weighted by Crippen LogP contribution is 2.18. The predicted octanol–water partition coefficient (Wildman–Crippen LogP) is 4.05. The lowest BCUT2D eigenvalue weighted by Gasteiger charge is -2.19. The molecule has 2 amide bonds. The van der Waals surface area contributed by atoms with Gasteiger partial charge in [-0.1, -0.05) is 26.0 Å². The highest BCUT2D eigenvalue weighted by atomic mass is 16.6. The van der Waals surface area contributed by atoms with Crippen LogP contribution < -0.4 is 10.6 Å². The van der Waals surface area contributed by atoms with E-state index in [1.165, 1.54) is 5.56 Å². The third kappa shape index (κ3) is 8.24. The molecule has 23 heavy (non-hydrogen) atoms. The molecular weight excluding hydrogens is 292 g/mol. The lowest BCUT2D eigenvalue weighted by molar-refractivity contribution is -0.116. The van der Waals surface area contributed by atoms with Gasteiger partial charge in [0.1, 0.15) is 5.60 Å². The van der Waals surface area contributed by atoms with Crippen molar-refractivity contribution >= 4 is 17.7 Å². The Hall–Kier alpha value is -2.04. The van der Waals surface area contributed by atoms with E-state index in [4.69, 9.17) is 4.74 Å². The summed E-state index contributed by atoms with van der Waals surface area (Å²) < 4.78 is 5.13. The van der Waals surface area contributed by atoms with Gasteiger partial charge in [-0.15, -0.1) is 0 Å². The summed E-state index contributed by atoms with van der Waals surface area (Å²) in [4.78, 5) is 23.4. The Kier molecular flexibility index (Phi) is 7.07. The molecule has 0 spiro atoms. The van der Waals surface area contributed by atoms with Crippen molar-refractivity contribution in [1.29, 1.82) is 0 Å². The van der Waals surface area contributed by atoms with Crippen molar-refractivity contribution in [3.63, 3.8) is 0 Å². The van der Waals surface area contributed by atoms with Crippen LogP contribution in [0.25, 0.3) is 0 Å². The van der Waals surface area contributed by atoms with Crippen molar-refractivity contribution in [2.45, 2.75) is 59.0 Å². The molecule has 0 bridgehead atoms. The molecule has 0 fully saturated rings. The number of carbonyl (C=O) groups is 2. The van der Waals surface area contributed by atoms with E-state index in [-0.39, 0.29) is 5.91 Å². The molecule has 0 aromatic heterocycles. The van der Waals surface area contributed by atoms with Gasteiger partial charge in [0.15, 0.2) is 0 Å². The average molecular weight is 320 g/mol. The summed E-state index contributed by atoms with van der Waals surface area (Å²) in [5.74, 6) is 0.363. The molecule has 0 heterocycles. The van der Waals surface area contributed by atoms with Crippen LogP contribution >= 0.6 is 0 Å². The van der Waals surface area contributed by atoms with Crippen LogP contribution in [0.3, 0.4) is 0 Å². The number of alkyl carbamates (subject to hydrolysis) is 1. The zero-order chi connectivity index (χ0) is 17.5. The Morgan fingerprint density at radius 2 is 1.91 bits per heavy atom. The molecule has 1 rings (SSSR count). The van der Waals surface area contributed by atoms with Crippen LogP contribution in [0.4, 0.5) is 10.5 Å². The molecule has 0 saturated carbocycles. The van der Waals surface area contributed by atoms with Crippen LogP contribution in [0.1, 0.15) is 58.9 Å². The third-order valence-electron chi connectivity index (χ3n) is 3.09. The molecule has 0 aliphatic heterocycles. The Balaban J connectivity index is 2.30. The van der Waals surface area contributed by atoms with Crippen molar-refractivity contribution in [2.75, 3.05) is 11.9 Å². The average Bonchev–Trinajstić information content (AvgIpc) is 2.42. The van der Waals surface area contributed by atoms with Gasteiger partial charge in [-0.3, -0.25) is 4.79 Å². The summed E-state index contributed by atoms with van der Waals surface area (Å²) in [6.07, 6.45) is 0.457. The van der Waals surface area contributed by atoms with Crippen LogP contribution in [0.2, 0.25) is 0 Å². The lowest BCUT2D eigenvalue weighted by Crippen LogP contribution is -2.33. The fourth-order valence-electron chi connectivity index (χ4n) is 1.95. The van der Waals surface area contributed by atoms with Crippen LogP contribution in [-0.4, -0.2) is 24.1 Å². The standard InChI is InChI=1S/C18H28N2O3/c1-13(2)14-8-6-9-15(12-14)20-16(21)10-7-11-19-17(22)23-18(3,4)5/h6,8-9,12-13H,7,10-11H2,1-5H3,(H,19,22)(H,20,21). The zero-order valence-corrected chi connectivity index (χ0v) is 14.7. The number of ether oxygens (including phenoxy) is 1. The zero-order valence-electron chi connectivity index (χ0n) is 14.7. The maximum atomic E-state index is 11.9. The number of hydrogen-bond acceptors (Lipinski definition) is 3. The predicted molar refractivity (Wildman–Crippen MR) is 92.6 cm³/mol. The maximum absolute atomic E-state index is 11.9. The Morgan fingerprint density at radius 3 is 2.52 bits per heavy atom. The van der Waals surface area contributed by atoms with Crippen LogP contribution in [0.15, 0.2) is 24.3 Å². The summed E-state index contributed by atoms with van der Waals surface area (Å²) in [6, 6.07) is 7.85. The summed E-state index contributed by atoms with van der Waals surface area (Å²) >= 11 is 0. The van der Waals surface area contributed by atoms with Crippen LogP contribution in [-0.2, 0) is 9.53 Å². The Morgan fingerprint density at radius 1 is 1.22 bits per heavy atom. The summed E-state index contributed by atoms with van der Waals surface area (Å²) in [6.45, 7) is 10.1. The molecule has 5 nitrogen and oxygen atoms in total. The van der Waals surface area contributed by atoms with E-state index >= 15 is 0 Å². The third-order valence-corrected chi connectivity index (χ3v) is 3.09. The van der Waals surface area contributed by atoms with Gasteiger partial charge in [0.2, 0.25) is 5.91 Å². The van der Waals surface area contributed by atoms with Gasteiger partial charge in [0.05, 0.1) is 0 Å². The summed E-state index contributed by atoms with van der Waals surface area (Å²) in [7, 11) is 0. The monoisotopic (exact) mass is 320 g/mol. The molecule has 2 N–H and O–H groups in total. The molecule has 1 aromatic carbocycles. The van der Waals surface area contributed by atoms with Gasteiger partial charge in [-0.2, -0.15) is 0 Å². The Labute approximate surface area is 138 Å². The van der Waals surface area contributed by atoms with Gasteiger partial charge in [0, 0.05) is 18.7 Å². The smallest absolute Gasteiger partial charge is 0.407 e. The summed E-state index contributed by atoms with van der Waals surface area (Å²) in [5.41, 5.74) is 1.48. The van der Waals surface area contributed by atoms with Crippen molar-refractivity contribution < 1.29 is 14.3 Å². The van der Waals surface area contributed by atoms with Crippen LogP contribution in [0, 0.1) is 0 Å². The molecule has 0 radical (unpaired) electrons. The molecule has 0 atom stereocenters. The minimum Gasteiger partial charge on any atom is -0.444 e. The van der Waals surface area contributed by atoms with Crippen molar-refractivity contribution in [1.82, 2.24) is 5.32 Å². The van der Waals surface area contributed by atoms with Crippen LogP contribution in [0.5, 0.6) is 0 Å². The van der Waals surface area contributed by atoms with E-state index in [0.29, 0.717) is 25.3 Å². The molecule has 128 valence electrons. The highest BCUT2D eigenvalue weighted by Gasteiger charge is 2.15. The quantitative estimate of drug-likeness (QED) is 0.777. The minimum absolute atomic E-state index is 0.0584. The second-order valence-corrected chi connectivity index (χ2v) is 6.86. The molecule has 0 unspecified atom stereocenters. The molecule has 0 aliphatic carbocycles. The molecule has 1 aromatic rings. The Bertz CT molecular complexity index is 533. The first kappa shape index (κ1) is 19.0. The van der Waals surface area contributed by atoms with Gasteiger partial charge in [0.25, 0.3) is 0 Å². The number of amides is 2. The first-order valence-electron chi connectivity index (χ1n) is 8.04. The van der Waals surface area contributed by atoms with Gasteiger partial charge in [-0.25, -0.2) is 4.79 Å². The van der Waals surface area contributed by atoms with Gasteiger partial charge >= 0.3 is 6.09 Å². The number of hydrogen-bond donors (Lipinski definition) is 2. The maximum Gasteiger partial charge on any atom is 0.407 e. The fraction of sp³-hybridized carbons (Fsp3) is 0.556. The van der Waals surface area contributed by atoms with E-state index in [1.807, 2.05) is 45.0 Å². The number of nitrogens with one attached hydrogen (secondary N) is 2. The molecule has 0 aliphatic rings. The second kappa shape index (κ2) is 8.56. The van der Waals surface area contributed by atoms with E-state index in [0.717, 1.165) is 5.69 Å². The number of carbonyl (C=O) groups excluding carboxylic acids is 2. The first-order chi connectivity index (χ1) is 10.7. The van der Waals surface area contributed by atoms with Crippen molar-refractivity contribution in [2.24, 2.45) is 0 Å². The van der Waals surface area contributed by atoms with E-state index < -0.39 is 11.7 Å². The molecule has 5 heteroatoms. The number of rotatable bonds is 6. The topological polar surface area (TPSA) is 67.4 Å². The van der Waals surface area contributed by atoms with Gasteiger partial charge in [-0.05, 0) is 50.8 Å². The SMILES string of the molecule is CC(C)c1cccc(NC(=O)CCCNC(=O)OC(C)(C)C)c1. The fourth-order valence-corrected chi connectivity index (χ4v) is 1.95. The normalized spacial score (nSPS) is 11.2. The minimum atomic E-state index is -0.511. The number of benzene rings is 1. The lowest BCUT2D eigenvalue weighted by atomic mass is 10.0. The largest absolute Gasteiger partial charge is 0.444 e. The number of anilines is 1. The van der Waals surface area contributed by atoms with E-state index in [9.17, 15) is 9.59 Å². The molecular formula is C18H28N2O3. The second-order valence-electron chi connectivity index (χ2n) is 6.86. The van der Waals surface area contributed by atoms with Crippen molar-refractivity contribution in [3.8, 4) is 0 Å². The van der Waals surface area contributed by atoms with E-state index in [1.54, 1.807) is 0 Å². The molecule has 0 saturated heterocycles. The van der Waals surface area contributed by atoms with Gasteiger partial charge < -0.3 is 15.4 Å². The first-order valence-corrected chi connectivity index (χ1v) is 8.04.